The van der Waals surface area contributed by atoms with Gasteiger partial charge in [-0.2, -0.15) is 0 Å². The largest absolute Gasteiger partial charge is 0.308 e. The Balaban J connectivity index is 1.72. The van der Waals surface area contributed by atoms with Crippen LogP contribution in [0.5, 0.6) is 0 Å². The van der Waals surface area contributed by atoms with Crippen LogP contribution in [0.25, 0.3) is 0 Å². The molecule has 0 amide bonds. The smallest absolute Gasteiger partial charge is 0.0893 e. The van der Waals surface area contributed by atoms with Crippen LogP contribution in [0.15, 0.2) is 5.38 Å². The standard InChI is InChI=1S/C12H22N4S/c1-12(2,3)16-6-4-10(5-7-16)13-8-11-9-17-15-14-11/h9-10,13H,4-8H2,1-3H3. The lowest BCUT2D eigenvalue weighted by atomic mass is 9.98. The molecule has 1 aliphatic rings. The lowest BCUT2D eigenvalue weighted by Crippen LogP contribution is -2.49. The summed E-state index contributed by atoms with van der Waals surface area (Å²) in [4.78, 5) is 2.57. The van der Waals surface area contributed by atoms with E-state index < -0.39 is 0 Å². The zero-order valence-corrected chi connectivity index (χ0v) is 11.8. The highest BCUT2D eigenvalue weighted by molar-refractivity contribution is 7.03. The average molecular weight is 254 g/mol. The van der Waals surface area contributed by atoms with Gasteiger partial charge in [-0.25, -0.2) is 0 Å². The van der Waals surface area contributed by atoms with Gasteiger partial charge >= 0.3 is 0 Å². The van der Waals surface area contributed by atoms with Crippen LogP contribution in [0.4, 0.5) is 0 Å². The zero-order chi connectivity index (χ0) is 12.3. The van der Waals surface area contributed by atoms with E-state index in [9.17, 15) is 0 Å². The quantitative estimate of drug-likeness (QED) is 0.894. The molecule has 1 aromatic heterocycles. The van der Waals surface area contributed by atoms with Crippen LogP contribution in [0.3, 0.4) is 0 Å². The Hall–Kier alpha value is -0.520. The van der Waals surface area contributed by atoms with E-state index in [0.717, 1.165) is 12.2 Å². The third-order valence-electron chi connectivity index (χ3n) is 3.42. The maximum absolute atomic E-state index is 4.05. The van der Waals surface area contributed by atoms with Gasteiger partial charge in [0.2, 0.25) is 0 Å². The fourth-order valence-corrected chi connectivity index (χ4v) is 2.72. The fraction of sp³-hybridized carbons (Fsp3) is 0.833. The van der Waals surface area contributed by atoms with Gasteiger partial charge in [-0.3, -0.25) is 4.90 Å². The Labute approximate surface area is 108 Å². The molecule has 0 bridgehead atoms. The van der Waals surface area contributed by atoms with Crippen molar-refractivity contribution in [3.8, 4) is 0 Å². The van der Waals surface area contributed by atoms with Gasteiger partial charge in [0.1, 0.15) is 0 Å². The Morgan fingerprint density at radius 2 is 2.12 bits per heavy atom. The molecular weight excluding hydrogens is 232 g/mol. The molecule has 1 saturated heterocycles. The first kappa shape index (κ1) is 12.9. The fourth-order valence-electron chi connectivity index (χ4n) is 2.26. The molecule has 2 heterocycles. The van der Waals surface area contributed by atoms with Crippen LogP contribution in [0, 0.1) is 0 Å². The van der Waals surface area contributed by atoms with Gasteiger partial charge in [0, 0.05) is 36.6 Å². The maximum Gasteiger partial charge on any atom is 0.0893 e. The minimum absolute atomic E-state index is 0.309. The molecule has 4 nitrogen and oxygen atoms in total. The van der Waals surface area contributed by atoms with Crippen molar-refractivity contribution in [2.45, 2.75) is 51.7 Å². The van der Waals surface area contributed by atoms with Gasteiger partial charge in [-0.05, 0) is 45.1 Å². The summed E-state index contributed by atoms with van der Waals surface area (Å²) in [7, 11) is 0. The molecule has 96 valence electrons. The van der Waals surface area contributed by atoms with Crippen molar-refractivity contribution in [2.24, 2.45) is 0 Å². The molecule has 5 heteroatoms. The second-order valence-corrected chi connectivity index (χ2v) is 6.32. The summed E-state index contributed by atoms with van der Waals surface area (Å²) in [5, 5.41) is 9.64. The molecule has 1 N–H and O–H groups in total. The predicted molar refractivity (Wildman–Crippen MR) is 71.1 cm³/mol. The molecule has 0 aromatic carbocycles. The van der Waals surface area contributed by atoms with Gasteiger partial charge in [0.15, 0.2) is 0 Å². The first-order chi connectivity index (χ1) is 8.05. The van der Waals surface area contributed by atoms with Crippen molar-refractivity contribution >= 4 is 11.5 Å². The van der Waals surface area contributed by atoms with Crippen LogP contribution >= 0.6 is 11.5 Å². The van der Waals surface area contributed by atoms with Crippen molar-refractivity contribution in [3.05, 3.63) is 11.1 Å². The van der Waals surface area contributed by atoms with Crippen LogP contribution < -0.4 is 5.32 Å². The molecule has 0 saturated carbocycles. The van der Waals surface area contributed by atoms with Crippen LogP contribution in [-0.2, 0) is 6.54 Å². The van der Waals surface area contributed by atoms with Crippen molar-refractivity contribution in [1.29, 1.82) is 0 Å². The SMILES string of the molecule is CC(C)(C)N1CCC(NCc2csnn2)CC1. The predicted octanol–water partition coefficient (Wildman–Crippen LogP) is 1.89. The number of nitrogens with one attached hydrogen (secondary N) is 1. The van der Waals surface area contributed by atoms with E-state index in [1.54, 1.807) is 0 Å². The highest BCUT2D eigenvalue weighted by atomic mass is 32.1. The molecular formula is C12H22N4S. The molecule has 2 rings (SSSR count). The molecule has 1 aliphatic heterocycles. The number of piperidine rings is 1. The monoisotopic (exact) mass is 254 g/mol. The van der Waals surface area contributed by atoms with Gasteiger partial charge in [-0.1, -0.05) is 4.49 Å². The topological polar surface area (TPSA) is 41.0 Å². The maximum atomic E-state index is 4.05. The number of hydrogen-bond donors (Lipinski definition) is 1. The number of rotatable bonds is 3. The normalized spacial score (nSPS) is 19.7. The first-order valence-electron chi connectivity index (χ1n) is 6.30. The molecule has 0 aliphatic carbocycles. The Kier molecular flexibility index (Phi) is 4.12. The minimum Gasteiger partial charge on any atom is -0.308 e. The van der Waals surface area contributed by atoms with E-state index >= 15 is 0 Å². The Morgan fingerprint density at radius 1 is 1.41 bits per heavy atom. The van der Waals surface area contributed by atoms with Crippen molar-refractivity contribution in [2.75, 3.05) is 13.1 Å². The highest BCUT2D eigenvalue weighted by Crippen LogP contribution is 2.20. The summed E-state index contributed by atoms with van der Waals surface area (Å²) >= 11 is 1.42. The van der Waals surface area contributed by atoms with E-state index in [2.05, 4.69) is 40.6 Å². The van der Waals surface area contributed by atoms with Crippen molar-refractivity contribution < 1.29 is 0 Å². The zero-order valence-electron chi connectivity index (χ0n) is 10.9. The van der Waals surface area contributed by atoms with Gasteiger partial charge in [-0.15, -0.1) is 5.10 Å². The molecule has 17 heavy (non-hydrogen) atoms. The lowest BCUT2D eigenvalue weighted by molar-refractivity contribution is 0.0959. The van der Waals surface area contributed by atoms with Gasteiger partial charge in [0.25, 0.3) is 0 Å². The second kappa shape index (κ2) is 5.42. The van der Waals surface area contributed by atoms with Crippen molar-refractivity contribution in [1.82, 2.24) is 19.8 Å². The average Bonchev–Trinajstić information content (AvgIpc) is 2.78. The third kappa shape index (κ3) is 3.72. The van der Waals surface area contributed by atoms with E-state index in [-0.39, 0.29) is 0 Å². The molecule has 0 unspecified atom stereocenters. The molecule has 0 radical (unpaired) electrons. The third-order valence-corrected chi connectivity index (χ3v) is 3.97. The second-order valence-electron chi connectivity index (χ2n) is 5.71. The van der Waals surface area contributed by atoms with Crippen LogP contribution in [0.1, 0.15) is 39.3 Å². The summed E-state index contributed by atoms with van der Waals surface area (Å²) in [6.45, 7) is 10.1. The summed E-state index contributed by atoms with van der Waals surface area (Å²) < 4.78 is 3.87. The minimum atomic E-state index is 0.309. The molecule has 0 spiro atoms. The van der Waals surface area contributed by atoms with Crippen LogP contribution in [0.2, 0.25) is 0 Å². The van der Waals surface area contributed by atoms with E-state index in [1.807, 2.05) is 5.38 Å². The summed E-state index contributed by atoms with van der Waals surface area (Å²) in [6, 6.07) is 0.635. The molecule has 1 aromatic rings. The summed E-state index contributed by atoms with van der Waals surface area (Å²) in [5.41, 5.74) is 1.37. The number of aromatic nitrogens is 2. The van der Waals surface area contributed by atoms with Gasteiger partial charge < -0.3 is 5.32 Å². The van der Waals surface area contributed by atoms with E-state index in [1.165, 1.54) is 37.5 Å². The summed E-state index contributed by atoms with van der Waals surface area (Å²) in [5.74, 6) is 0. The summed E-state index contributed by atoms with van der Waals surface area (Å²) in [6.07, 6.45) is 2.46. The first-order valence-corrected chi connectivity index (χ1v) is 7.14. The van der Waals surface area contributed by atoms with Crippen molar-refractivity contribution in [3.63, 3.8) is 0 Å². The number of nitrogens with zero attached hydrogens (tertiary/aromatic N) is 3. The Morgan fingerprint density at radius 3 is 2.65 bits per heavy atom. The van der Waals surface area contributed by atoms with Gasteiger partial charge in [0.05, 0.1) is 5.69 Å². The molecule has 1 fully saturated rings. The number of hydrogen-bond acceptors (Lipinski definition) is 5. The van der Waals surface area contributed by atoms with Crippen LogP contribution in [-0.4, -0.2) is 39.2 Å². The number of likely N-dealkylation sites (tertiary alicyclic amines) is 1. The van der Waals surface area contributed by atoms with E-state index in [4.69, 9.17) is 0 Å². The molecule has 0 atom stereocenters. The lowest BCUT2D eigenvalue weighted by Gasteiger charge is -2.41. The highest BCUT2D eigenvalue weighted by Gasteiger charge is 2.26. The van der Waals surface area contributed by atoms with E-state index in [0.29, 0.717) is 11.6 Å². The Bertz CT molecular complexity index is 323.